The third-order valence-corrected chi connectivity index (χ3v) is 5.34. The molecule has 1 rings (SSSR count). The molecular weight excluding hydrogens is 268 g/mol. The van der Waals surface area contributed by atoms with Crippen molar-refractivity contribution in [2.75, 3.05) is 7.11 Å². The van der Waals surface area contributed by atoms with Crippen LogP contribution in [-0.4, -0.2) is 23.5 Å². The van der Waals surface area contributed by atoms with E-state index < -0.39 is 16.4 Å². The summed E-state index contributed by atoms with van der Waals surface area (Å²) in [5, 5.41) is 1.16. The molecule has 106 valence electrons. The van der Waals surface area contributed by atoms with Crippen molar-refractivity contribution in [1.29, 1.82) is 0 Å². The zero-order valence-electron chi connectivity index (χ0n) is 13.2. The molecule has 2 nitrogen and oxygen atoms in total. The molecule has 4 heteroatoms. The van der Waals surface area contributed by atoms with Crippen LogP contribution in [0.15, 0.2) is 29.6 Å². The summed E-state index contributed by atoms with van der Waals surface area (Å²) in [6, 6.07) is 8.09. The minimum Gasteiger partial charge on any atom is -0.551 e. The van der Waals surface area contributed by atoms with Gasteiger partial charge in [-0.15, -0.1) is 0 Å². The Kier molecular flexibility index (Phi) is 5.04. The Balaban J connectivity index is 3.20. The molecule has 1 aromatic rings. The lowest BCUT2D eigenvalue weighted by Crippen LogP contribution is -2.34. The molecular formula is C15H26O2Si2. The number of hydrogen-bond acceptors (Lipinski definition) is 2. The Morgan fingerprint density at radius 2 is 1.58 bits per heavy atom. The molecule has 0 radical (unpaired) electrons. The van der Waals surface area contributed by atoms with Gasteiger partial charge in [0, 0.05) is 5.56 Å². The van der Waals surface area contributed by atoms with E-state index >= 15 is 0 Å². The molecule has 0 atom stereocenters. The number of para-hydroxylation sites is 1. The van der Waals surface area contributed by atoms with Gasteiger partial charge in [-0.1, -0.05) is 37.8 Å². The molecule has 0 heterocycles. The van der Waals surface area contributed by atoms with E-state index in [2.05, 4.69) is 51.4 Å². The van der Waals surface area contributed by atoms with Crippen molar-refractivity contribution in [3.63, 3.8) is 0 Å². The number of ether oxygens (including phenoxy) is 1. The Bertz CT molecular complexity index is 454. The average Bonchev–Trinajstić information content (AvgIpc) is 2.26. The van der Waals surface area contributed by atoms with Crippen LogP contribution in [0.3, 0.4) is 0 Å². The summed E-state index contributed by atoms with van der Waals surface area (Å²) in [6.07, 6.45) is 2.17. The van der Waals surface area contributed by atoms with Gasteiger partial charge in [-0.3, -0.25) is 0 Å². The zero-order chi connectivity index (χ0) is 14.7. The van der Waals surface area contributed by atoms with Crippen molar-refractivity contribution in [3.8, 4) is 5.75 Å². The zero-order valence-corrected chi connectivity index (χ0v) is 15.2. The minimum absolute atomic E-state index is 0.900. The quantitative estimate of drug-likeness (QED) is 0.575. The Morgan fingerprint density at radius 3 is 2.05 bits per heavy atom. The van der Waals surface area contributed by atoms with Crippen LogP contribution in [0.25, 0.3) is 6.08 Å². The largest absolute Gasteiger partial charge is 0.551 e. The smallest absolute Gasteiger partial charge is 0.241 e. The van der Waals surface area contributed by atoms with Gasteiger partial charge >= 0.3 is 0 Å². The monoisotopic (exact) mass is 294 g/mol. The predicted molar refractivity (Wildman–Crippen MR) is 88.7 cm³/mol. The predicted octanol–water partition coefficient (Wildman–Crippen LogP) is 4.77. The lowest BCUT2D eigenvalue weighted by molar-refractivity contribution is 0.413. The first-order valence-electron chi connectivity index (χ1n) is 6.68. The van der Waals surface area contributed by atoms with Gasteiger partial charge in [0.1, 0.15) is 13.8 Å². The second kappa shape index (κ2) is 5.97. The lowest BCUT2D eigenvalue weighted by atomic mass is 10.2. The lowest BCUT2D eigenvalue weighted by Gasteiger charge is -2.29. The fourth-order valence-electron chi connectivity index (χ4n) is 1.66. The van der Waals surface area contributed by atoms with Gasteiger partial charge in [-0.05, 0) is 31.8 Å². The summed E-state index contributed by atoms with van der Waals surface area (Å²) < 4.78 is 11.7. The highest BCUT2D eigenvalue weighted by Crippen LogP contribution is 2.27. The molecule has 0 aliphatic rings. The highest BCUT2D eigenvalue weighted by molar-refractivity contribution is 6.84. The molecule has 0 aliphatic carbocycles. The van der Waals surface area contributed by atoms with Crippen LogP contribution in [0.5, 0.6) is 5.75 Å². The molecule has 0 unspecified atom stereocenters. The highest BCUT2D eigenvalue weighted by atomic mass is 28.4. The van der Waals surface area contributed by atoms with Crippen LogP contribution < -0.4 is 4.74 Å². The normalized spacial score (nSPS) is 13.3. The Hall–Kier alpha value is -1.01. The van der Waals surface area contributed by atoms with Gasteiger partial charge < -0.3 is 9.16 Å². The minimum atomic E-state index is -1.59. The van der Waals surface area contributed by atoms with Crippen LogP contribution in [0, 0.1) is 0 Å². The van der Waals surface area contributed by atoms with Gasteiger partial charge in [-0.2, -0.15) is 0 Å². The third kappa shape index (κ3) is 5.24. The summed E-state index contributed by atoms with van der Waals surface area (Å²) in [6.45, 7) is 13.6. The van der Waals surface area contributed by atoms with E-state index in [9.17, 15) is 0 Å². The van der Waals surface area contributed by atoms with E-state index in [-0.39, 0.29) is 0 Å². The van der Waals surface area contributed by atoms with Crippen LogP contribution in [0.4, 0.5) is 0 Å². The molecule has 1 aromatic carbocycles. The molecule has 0 aromatic heterocycles. The van der Waals surface area contributed by atoms with Crippen LogP contribution >= 0.6 is 0 Å². The first kappa shape index (κ1) is 16.0. The average molecular weight is 295 g/mol. The molecule has 0 saturated carbocycles. The molecule has 0 N–H and O–H groups in total. The van der Waals surface area contributed by atoms with Crippen LogP contribution in [0.1, 0.15) is 5.56 Å². The standard InChI is InChI=1S/C15H26O2Si2/c1-16-14-11-9-8-10-13(14)12-15(18(2,3)4)17-19(5,6)7/h8-12H,1-7H3/b15-12-. The van der Waals surface area contributed by atoms with E-state index in [4.69, 9.17) is 9.16 Å². The Labute approximate surface area is 119 Å². The molecule has 0 fully saturated rings. The van der Waals surface area contributed by atoms with Gasteiger partial charge in [-0.25, -0.2) is 0 Å². The van der Waals surface area contributed by atoms with Crippen molar-refractivity contribution < 1.29 is 9.16 Å². The summed E-state index contributed by atoms with van der Waals surface area (Å²) >= 11 is 0. The van der Waals surface area contributed by atoms with Crippen molar-refractivity contribution in [3.05, 3.63) is 35.2 Å². The molecule has 0 bridgehead atoms. The maximum Gasteiger partial charge on any atom is 0.241 e. The number of methoxy groups -OCH3 is 1. The molecule has 0 amide bonds. The highest BCUT2D eigenvalue weighted by Gasteiger charge is 2.27. The van der Waals surface area contributed by atoms with E-state index in [0.717, 1.165) is 16.7 Å². The first-order chi connectivity index (χ1) is 8.63. The fraction of sp³-hybridized carbons (Fsp3) is 0.467. The Morgan fingerprint density at radius 1 is 1.00 bits per heavy atom. The summed E-state index contributed by atoms with van der Waals surface area (Å²) in [5.41, 5.74) is 1.10. The van der Waals surface area contributed by atoms with E-state index in [1.54, 1.807) is 7.11 Å². The number of rotatable bonds is 5. The fourth-order valence-corrected chi connectivity index (χ4v) is 5.11. The second-order valence-corrected chi connectivity index (χ2v) is 16.1. The summed E-state index contributed by atoms with van der Waals surface area (Å²) in [5.74, 6) is 0.900. The second-order valence-electron chi connectivity index (χ2n) is 6.71. The molecule has 0 saturated heterocycles. The number of hydrogen-bond donors (Lipinski definition) is 0. The molecule has 19 heavy (non-hydrogen) atoms. The van der Waals surface area contributed by atoms with E-state index in [1.807, 2.05) is 18.2 Å². The topological polar surface area (TPSA) is 18.5 Å². The maximum absolute atomic E-state index is 6.31. The van der Waals surface area contributed by atoms with Crippen LogP contribution in [-0.2, 0) is 4.43 Å². The summed E-state index contributed by atoms with van der Waals surface area (Å²) in [4.78, 5) is 0. The van der Waals surface area contributed by atoms with Crippen molar-refractivity contribution >= 4 is 22.5 Å². The third-order valence-electron chi connectivity index (χ3n) is 2.58. The molecule has 0 aliphatic heterocycles. The van der Waals surface area contributed by atoms with Crippen molar-refractivity contribution in [2.24, 2.45) is 0 Å². The first-order valence-corrected chi connectivity index (χ1v) is 13.6. The van der Waals surface area contributed by atoms with Gasteiger partial charge in [0.05, 0.1) is 12.5 Å². The van der Waals surface area contributed by atoms with E-state index in [0.29, 0.717) is 0 Å². The van der Waals surface area contributed by atoms with Gasteiger partial charge in [0.2, 0.25) is 8.32 Å². The maximum atomic E-state index is 6.31. The molecule has 0 spiro atoms. The van der Waals surface area contributed by atoms with Crippen molar-refractivity contribution in [1.82, 2.24) is 0 Å². The van der Waals surface area contributed by atoms with Gasteiger partial charge in [0.15, 0.2) is 0 Å². The number of benzene rings is 1. The SMILES string of the molecule is COc1ccccc1/C=C(/O[Si](C)(C)C)[Si](C)(C)C. The van der Waals surface area contributed by atoms with Crippen molar-refractivity contribution in [2.45, 2.75) is 39.3 Å². The van der Waals surface area contributed by atoms with Gasteiger partial charge in [0.25, 0.3) is 0 Å². The van der Waals surface area contributed by atoms with Crippen LogP contribution in [0.2, 0.25) is 39.3 Å². The summed E-state index contributed by atoms with van der Waals surface area (Å²) in [7, 11) is -1.37. The van der Waals surface area contributed by atoms with E-state index in [1.165, 1.54) is 0 Å².